The number of nitrogens with zero attached hydrogens (tertiary/aromatic N) is 4. The molecule has 10 heteroatoms. The van der Waals surface area contributed by atoms with Gasteiger partial charge in [-0.15, -0.1) is 12.4 Å². The summed E-state index contributed by atoms with van der Waals surface area (Å²) in [5.41, 5.74) is 2.32. The molecule has 1 amide bonds. The van der Waals surface area contributed by atoms with Crippen molar-refractivity contribution in [3.05, 3.63) is 95.5 Å². The summed E-state index contributed by atoms with van der Waals surface area (Å²) in [5.74, 6) is 1.40. The number of methoxy groups -OCH3 is 1. The van der Waals surface area contributed by atoms with Crippen molar-refractivity contribution in [3.63, 3.8) is 0 Å². The van der Waals surface area contributed by atoms with Crippen molar-refractivity contribution in [1.29, 1.82) is 0 Å². The van der Waals surface area contributed by atoms with Crippen LogP contribution in [-0.2, 0) is 11.3 Å². The number of halogens is 2. The second kappa shape index (κ2) is 11.0. The maximum atomic E-state index is 14.5. The molecule has 1 aliphatic rings. The molecule has 0 fully saturated rings. The molecule has 0 saturated carbocycles. The van der Waals surface area contributed by atoms with Crippen LogP contribution in [0.4, 0.5) is 5.13 Å². The molecule has 0 spiro atoms. The highest BCUT2D eigenvalue weighted by Gasteiger charge is 2.36. The molecule has 6 rings (SSSR count). The monoisotopic (exact) mass is 566 g/mol. The Morgan fingerprint density at radius 1 is 1.11 bits per heavy atom. The van der Waals surface area contributed by atoms with Crippen LogP contribution >= 0.6 is 35.3 Å². The Morgan fingerprint density at radius 2 is 1.82 bits per heavy atom. The fourth-order valence-corrected chi connectivity index (χ4v) is 5.97. The molecule has 7 nitrogen and oxygen atoms in total. The number of amides is 1. The molecule has 5 aromatic rings. The summed E-state index contributed by atoms with van der Waals surface area (Å²) in [7, 11) is 1.60. The summed E-state index contributed by atoms with van der Waals surface area (Å²) in [6.45, 7) is 1.19. The van der Waals surface area contributed by atoms with Crippen molar-refractivity contribution in [3.8, 4) is 17.2 Å². The average molecular weight is 567 g/mol. The van der Waals surface area contributed by atoms with E-state index in [2.05, 4.69) is 4.98 Å². The third kappa shape index (κ3) is 4.71. The first-order valence-corrected chi connectivity index (χ1v) is 13.1. The lowest BCUT2D eigenvalue weighted by molar-refractivity contribution is -0.119. The average Bonchev–Trinajstić information content (AvgIpc) is 3.61. The van der Waals surface area contributed by atoms with Gasteiger partial charge in [0.15, 0.2) is 5.13 Å². The van der Waals surface area contributed by atoms with E-state index in [-0.39, 0.29) is 18.3 Å². The normalized spacial score (nSPS) is 12.3. The number of carbonyl (C=O) groups excluding carboxylic acids is 1. The third-order valence-corrected chi connectivity index (χ3v) is 7.99. The van der Waals surface area contributed by atoms with Gasteiger partial charge in [0.25, 0.3) is 0 Å². The molecule has 0 aliphatic carbocycles. The lowest BCUT2D eigenvalue weighted by atomic mass is 9.87. The number of imidazole rings is 1. The highest BCUT2D eigenvalue weighted by Crippen LogP contribution is 2.46. The molecule has 0 atom stereocenters. The van der Waals surface area contributed by atoms with Gasteiger partial charge in [0.1, 0.15) is 22.8 Å². The van der Waals surface area contributed by atoms with E-state index in [1.165, 1.54) is 11.3 Å². The van der Waals surface area contributed by atoms with Gasteiger partial charge in [-0.2, -0.15) is 0 Å². The summed E-state index contributed by atoms with van der Waals surface area (Å²) in [6.07, 6.45) is 6.16. The van der Waals surface area contributed by atoms with Crippen molar-refractivity contribution in [2.75, 3.05) is 18.6 Å². The van der Waals surface area contributed by atoms with E-state index in [9.17, 15) is 4.79 Å². The zero-order chi connectivity index (χ0) is 25.4. The number of rotatable bonds is 7. The number of carbonyl (C=O) groups is 1. The lowest BCUT2D eigenvalue weighted by Gasteiger charge is -2.31. The molecular formula is C28H24Cl2N4O3S. The maximum Gasteiger partial charge on any atom is 0.241 e. The van der Waals surface area contributed by atoms with Gasteiger partial charge in [0.2, 0.25) is 5.91 Å². The standard InChI is InChI=1S/C28H23ClN4O3S.ClH/c1-35-23-12-11-20(29)26-25(23)31-28(37-26)33(15-6-14-32-16-13-30-17-32)27(34)24-18-7-2-4-9-21(18)36-22-10-5-3-8-19(22)24;/h2-5,7-13,16-17,24H,6,14-15H2,1H3;1H. The zero-order valence-electron chi connectivity index (χ0n) is 20.4. The number of ether oxygens (including phenoxy) is 2. The van der Waals surface area contributed by atoms with E-state index in [0.717, 1.165) is 28.8 Å². The summed E-state index contributed by atoms with van der Waals surface area (Å²) in [4.78, 5) is 25.2. The Labute approximate surface area is 235 Å². The number of hydrogen-bond acceptors (Lipinski definition) is 6. The number of hydrogen-bond donors (Lipinski definition) is 0. The molecule has 38 heavy (non-hydrogen) atoms. The topological polar surface area (TPSA) is 69.5 Å². The van der Waals surface area contributed by atoms with E-state index >= 15 is 0 Å². The van der Waals surface area contributed by atoms with E-state index in [1.54, 1.807) is 36.7 Å². The molecular weight excluding hydrogens is 543 g/mol. The van der Waals surface area contributed by atoms with Crippen LogP contribution in [0.3, 0.4) is 0 Å². The Morgan fingerprint density at radius 3 is 2.47 bits per heavy atom. The van der Waals surface area contributed by atoms with Gasteiger partial charge in [0.05, 0.1) is 29.1 Å². The first-order valence-electron chi connectivity index (χ1n) is 11.9. The third-order valence-electron chi connectivity index (χ3n) is 6.45. The van der Waals surface area contributed by atoms with Crippen LogP contribution in [-0.4, -0.2) is 34.1 Å². The number of para-hydroxylation sites is 2. The van der Waals surface area contributed by atoms with Crippen LogP contribution in [0.1, 0.15) is 23.5 Å². The number of anilines is 1. The van der Waals surface area contributed by atoms with E-state index in [0.29, 0.717) is 39.5 Å². The Kier molecular flexibility index (Phi) is 7.56. The first kappa shape index (κ1) is 26.0. The molecule has 0 N–H and O–H groups in total. The minimum atomic E-state index is -0.529. The summed E-state index contributed by atoms with van der Waals surface area (Å²) in [5, 5.41) is 1.16. The van der Waals surface area contributed by atoms with Crippen molar-refractivity contribution < 1.29 is 14.3 Å². The molecule has 3 aromatic carbocycles. The van der Waals surface area contributed by atoms with Crippen LogP contribution < -0.4 is 14.4 Å². The quantitative estimate of drug-likeness (QED) is 0.213. The van der Waals surface area contributed by atoms with E-state index in [4.69, 9.17) is 26.1 Å². The number of benzene rings is 3. The largest absolute Gasteiger partial charge is 0.494 e. The first-order chi connectivity index (χ1) is 18.1. The van der Waals surface area contributed by atoms with Crippen molar-refractivity contribution >= 4 is 56.6 Å². The van der Waals surface area contributed by atoms with Gasteiger partial charge < -0.3 is 14.0 Å². The van der Waals surface area contributed by atoms with Crippen molar-refractivity contribution in [2.24, 2.45) is 0 Å². The van der Waals surface area contributed by atoms with Crippen LogP contribution in [0.2, 0.25) is 5.02 Å². The van der Waals surface area contributed by atoms with Crippen LogP contribution in [0.15, 0.2) is 79.4 Å². The Hall–Kier alpha value is -3.59. The van der Waals surface area contributed by atoms with E-state index in [1.807, 2.05) is 59.3 Å². The highest BCUT2D eigenvalue weighted by molar-refractivity contribution is 7.23. The molecule has 0 saturated heterocycles. The molecule has 1 aliphatic heterocycles. The fourth-order valence-electron chi connectivity index (χ4n) is 4.68. The van der Waals surface area contributed by atoms with Gasteiger partial charge in [-0.25, -0.2) is 9.97 Å². The molecule has 194 valence electrons. The maximum absolute atomic E-state index is 14.5. The van der Waals surface area contributed by atoms with Crippen molar-refractivity contribution in [2.45, 2.75) is 18.9 Å². The van der Waals surface area contributed by atoms with Crippen LogP contribution in [0.25, 0.3) is 10.2 Å². The fraction of sp³-hybridized carbons (Fsp3) is 0.179. The van der Waals surface area contributed by atoms with Crippen LogP contribution in [0.5, 0.6) is 17.2 Å². The molecule has 3 heterocycles. The summed E-state index contributed by atoms with van der Waals surface area (Å²) >= 11 is 7.92. The second-order valence-electron chi connectivity index (χ2n) is 8.68. The Bertz CT molecular complexity index is 1540. The Balaban J connectivity index is 0.00000294. The minimum Gasteiger partial charge on any atom is -0.494 e. The van der Waals surface area contributed by atoms with Gasteiger partial charge in [-0.3, -0.25) is 9.69 Å². The molecule has 0 bridgehead atoms. The number of aryl methyl sites for hydroxylation is 1. The smallest absolute Gasteiger partial charge is 0.241 e. The zero-order valence-corrected chi connectivity index (χ0v) is 22.8. The van der Waals surface area contributed by atoms with Gasteiger partial charge >= 0.3 is 0 Å². The molecule has 0 unspecified atom stereocenters. The number of fused-ring (bicyclic) bond motifs is 3. The summed E-state index contributed by atoms with van der Waals surface area (Å²) < 4.78 is 14.5. The van der Waals surface area contributed by atoms with Gasteiger partial charge in [-0.1, -0.05) is 59.3 Å². The number of thiazole rings is 1. The predicted molar refractivity (Wildman–Crippen MR) is 152 cm³/mol. The van der Waals surface area contributed by atoms with Crippen molar-refractivity contribution in [1.82, 2.24) is 14.5 Å². The minimum absolute atomic E-state index is 0. The SMILES string of the molecule is COc1ccc(Cl)c2sc(N(CCCn3ccnc3)C(=O)C3c4ccccc4Oc4ccccc43)nc12.Cl. The summed E-state index contributed by atoms with van der Waals surface area (Å²) in [6, 6.07) is 19.0. The highest BCUT2D eigenvalue weighted by atomic mass is 35.5. The second-order valence-corrected chi connectivity index (χ2v) is 10.1. The lowest BCUT2D eigenvalue weighted by Crippen LogP contribution is -2.37. The predicted octanol–water partition coefficient (Wildman–Crippen LogP) is 6.94. The van der Waals surface area contributed by atoms with Crippen LogP contribution in [0, 0.1) is 0 Å². The number of aromatic nitrogens is 3. The van der Waals surface area contributed by atoms with E-state index < -0.39 is 5.92 Å². The van der Waals surface area contributed by atoms with Gasteiger partial charge in [0, 0.05) is 36.6 Å². The van der Waals surface area contributed by atoms with Gasteiger partial charge in [-0.05, 0) is 30.7 Å². The molecule has 0 radical (unpaired) electrons. The molecule has 2 aromatic heterocycles.